The van der Waals surface area contributed by atoms with E-state index in [2.05, 4.69) is 19.1 Å². The van der Waals surface area contributed by atoms with Crippen LogP contribution in [0, 0.1) is 0 Å². The quantitative estimate of drug-likeness (QED) is 0.888. The lowest BCUT2D eigenvalue weighted by molar-refractivity contribution is 0.134. The number of rotatable bonds is 4. The van der Waals surface area contributed by atoms with Crippen LogP contribution in [0.4, 0.5) is 0 Å². The van der Waals surface area contributed by atoms with E-state index in [0.29, 0.717) is 6.42 Å². The van der Waals surface area contributed by atoms with Crippen LogP contribution in [-0.2, 0) is 12.8 Å². The van der Waals surface area contributed by atoms with E-state index in [1.54, 1.807) is 0 Å². The lowest BCUT2D eigenvalue weighted by Crippen LogP contribution is -2.32. The average molecular weight is 282 g/mol. The maximum Gasteiger partial charge on any atom is 0.0694 e. The van der Waals surface area contributed by atoms with Gasteiger partial charge in [-0.2, -0.15) is 0 Å². The van der Waals surface area contributed by atoms with Gasteiger partial charge in [-0.3, -0.25) is 0 Å². The van der Waals surface area contributed by atoms with Crippen molar-refractivity contribution in [2.75, 3.05) is 0 Å². The minimum atomic E-state index is -0.470. The van der Waals surface area contributed by atoms with E-state index in [0.717, 1.165) is 23.4 Å². The standard InChI is InChI=1S/C16H24ClNO/c1-10(7-16(19)11(2)18)14-8-12-5-3-4-6-13(12)9-15(14)17/h8-11,16,19H,3-7,18H2,1-2H3. The molecule has 0 fully saturated rings. The molecule has 19 heavy (non-hydrogen) atoms. The number of aliphatic hydroxyl groups is 1. The summed E-state index contributed by atoms with van der Waals surface area (Å²) in [4.78, 5) is 0. The lowest BCUT2D eigenvalue weighted by Gasteiger charge is -2.23. The van der Waals surface area contributed by atoms with Gasteiger partial charge >= 0.3 is 0 Å². The average Bonchev–Trinajstić information content (AvgIpc) is 2.37. The number of halogens is 1. The van der Waals surface area contributed by atoms with E-state index >= 15 is 0 Å². The highest BCUT2D eigenvalue weighted by molar-refractivity contribution is 6.31. The Morgan fingerprint density at radius 3 is 2.37 bits per heavy atom. The predicted octanol–water partition coefficient (Wildman–Crippen LogP) is 3.42. The highest BCUT2D eigenvalue weighted by Crippen LogP contribution is 2.33. The van der Waals surface area contributed by atoms with E-state index < -0.39 is 6.10 Å². The van der Waals surface area contributed by atoms with Crippen LogP contribution >= 0.6 is 11.6 Å². The highest BCUT2D eigenvalue weighted by atomic mass is 35.5. The summed E-state index contributed by atoms with van der Waals surface area (Å²) >= 11 is 6.41. The molecule has 0 amide bonds. The summed E-state index contributed by atoms with van der Waals surface area (Å²) in [5.41, 5.74) is 9.72. The van der Waals surface area contributed by atoms with Crippen molar-refractivity contribution in [2.24, 2.45) is 5.73 Å². The number of nitrogens with two attached hydrogens (primary N) is 1. The maximum absolute atomic E-state index is 9.92. The van der Waals surface area contributed by atoms with Crippen molar-refractivity contribution in [3.8, 4) is 0 Å². The molecule has 106 valence electrons. The molecular formula is C16H24ClNO. The molecule has 0 radical (unpaired) electrons. The molecule has 0 heterocycles. The molecule has 1 aliphatic carbocycles. The van der Waals surface area contributed by atoms with Gasteiger partial charge in [0.1, 0.15) is 0 Å². The monoisotopic (exact) mass is 281 g/mol. The third kappa shape index (κ3) is 3.50. The van der Waals surface area contributed by atoms with Crippen molar-refractivity contribution in [2.45, 2.75) is 64.0 Å². The number of fused-ring (bicyclic) bond motifs is 1. The van der Waals surface area contributed by atoms with Gasteiger partial charge in [-0.05, 0) is 67.7 Å². The van der Waals surface area contributed by atoms with Gasteiger partial charge in [-0.1, -0.05) is 24.6 Å². The molecule has 3 N–H and O–H groups in total. The number of hydrogen-bond donors (Lipinski definition) is 2. The second-order valence-corrected chi connectivity index (χ2v) is 6.32. The van der Waals surface area contributed by atoms with Gasteiger partial charge in [0.15, 0.2) is 0 Å². The van der Waals surface area contributed by atoms with E-state index in [1.165, 1.54) is 24.0 Å². The van der Waals surface area contributed by atoms with E-state index in [-0.39, 0.29) is 12.0 Å². The second-order valence-electron chi connectivity index (χ2n) is 5.91. The van der Waals surface area contributed by atoms with Gasteiger partial charge in [-0.15, -0.1) is 0 Å². The van der Waals surface area contributed by atoms with Crippen molar-refractivity contribution in [1.82, 2.24) is 0 Å². The van der Waals surface area contributed by atoms with E-state index in [1.807, 2.05) is 6.92 Å². The Hall–Kier alpha value is -0.570. The minimum Gasteiger partial charge on any atom is -0.392 e. The third-order valence-electron chi connectivity index (χ3n) is 4.19. The van der Waals surface area contributed by atoms with Crippen LogP contribution < -0.4 is 5.73 Å². The Bertz CT molecular complexity index is 445. The molecule has 3 heteroatoms. The van der Waals surface area contributed by atoms with Crippen LogP contribution in [0.2, 0.25) is 5.02 Å². The van der Waals surface area contributed by atoms with Gasteiger partial charge in [0.05, 0.1) is 6.10 Å². The van der Waals surface area contributed by atoms with E-state index in [4.69, 9.17) is 17.3 Å². The zero-order chi connectivity index (χ0) is 14.0. The zero-order valence-corrected chi connectivity index (χ0v) is 12.6. The van der Waals surface area contributed by atoms with Crippen molar-refractivity contribution >= 4 is 11.6 Å². The van der Waals surface area contributed by atoms with Crippen molar-refractivity contribution in [3.05, 3.63) is 33.8 Å². The molecule has 3 atom stereocenters. The van der Waals surface area contributed by atoms with Crippen LogP contribution in [0.1, 0.15) is 55.7 Å². The van der Waals surface area contributed by atoms with Gasteiger partial charge < -0.3 is 10.8 Å². The summed E-state index contributed by atoms with van der Waals surface area (Å²) in [6, 6.07) is 4.18. The van der Waals surface area contributed by atoms with Crippen LogP contribution in [0.3, 0.4) is 0 Å². The molecule has 1 aromatic carbocycles. The molecule has 2 rings (SSSR count). The topological polar surface area (TPSA) is 46.2 Å². The summed E-state index contributed by atoms with van der Waals surface area (Å²) in [6.45, 7) is 3.95. The van der Waals surface area contributed by atoms with Gasteiger partial charge in [0.2, 0.25) is 0 Å². The molecule has 0 bridgehead atoms. The van der Waals surface area contributed by atoms with Gasteiger partial charge in [-0.25, -0.2) is 0 Å². The van der Waals surface area contributed by atoms with Crippen molar-refractivity contribution in [1.29, 1.82) is 0 Å². The third-order valence-corrected chi connectivity index (χ3v) is 4.52. The van der Waals surface area contributed by atoms with Gasteiger partial charge in [0, 0.05) is 11.1 Å². The van der Waals surface area contributed by atoms with Crippen molar-refractivity contribution in [3.63, 3.8) is 0 Å². The first-order valence-corrected chi connectivity index (χ1v) is 7.61. The fourth-order valence-electron chi connectivity index (χ4n) is 2.86. The zero-order valence-electron chi connectivity index (χ0n) is 11.8. The summed E-state index contributed by atoms with van der Waals surface area (Å²) < 4.78 is 0. The van der Waals surface area contributed by atoms with Crippen LogP contribution in [0.15, 0.2) is 12.1 Å². The number of aryl methyl sites for hydroxylation is 2. The fraction of sp³-hybridized carbons (Fsp3) is 0.625. The highest BCUT2D eigenvalue weighted by Gasteiger charge is 2.20. The summed E-state index contributed by atoms with van der Waals surface area (Å²) in [6.07, 6.45) is 5.03. The summed E-state index contributed by atoms with van der Waals surface area (Å²) in [5, 5.41) is 10.8. The fourth-order valence-corrected chi connectivity index (χ4v) is 3.23. The maximum atomic E-state index is 9.92. The minimum absolute atomic E-state index is 0.196. The molecular weight excluding hydrogens is 258 g/mol. The molecule has 0 saturated heterocycles. The predicted molar refractivity (Wildman–Crippen MR) is 80.8 cm³/mol. The Balaban J connectivity index is 2.19. The molecule has 0 spiro atoms. The Morgan fingerprint density at radius 2 is 1.79 bits per heavy atom. The van der Waals surface area contributed by atoms with Crippen LogP contribution in [-0.4, -0.2) is 17.3 Å². The smallest absolute Gasteiger partial charge is 0.0694 e. The first kappa shape index (κ1) is 14.8. The second kappa shape index (κ2) is 6.25. The molecule has 0 saturated carbocycles. The van der Waals surface area contributed by atoms with Crippen molar-refractivity contribution < 1.29 is 5.11 Å². The summed E-state index contributed by atoms with van der Waals surface area (Å²) in [7, 11) is 0. The number of benzene rings is 1. The number of aliphatic hydroxyl groups excluding tert-OH is 1. The first-order valence-electron chi connectivity index (χ1n) is 7.24. The first-order chi connectivity index (χ1) is 8.99. The molecule has 2 nitrogen and oxygen atoms in total. The Kier molecular flexibility index (Phi) is 4.88. The normalized spacial score (nSPS) is 19.6. The SMILES string of the molecule is CC(CC(O)C(C)N)c1cc2c(cc1Cl)CCCC2. The van der Waals surface area contributed by atoms with Gasteiger partial charge in [0.25, 0.3) is 0 Å². The molecule has 1 aromatic rings. The largest absolute Gasteiger partial charge is 0.392 e. The molecule has 1 aliphatic rings. The summed E-state index contributed by atoms with van der Waals surface area (Å²) in [5.74, 6) is 0.237. The number of hydrogen-bond acceptors (Lipinski definition) is 2. The van der Waals surface area contributed by atoms with Crippen LogP contribution in [0.25, 0.3) is 0 Å². The Morgan fingerprint density at radius 1 is 1.21 bits per heavy atom. The lowest BCUT2D eigenvalue weighted by atomic mass is 9.86. The molecule has 0 aliphatic heterocycles. The molecule has 0 aromatic heterocycles. The van der Waals surface area contributed by atoms with E-state index in [9.17, 15) is 5.11 Å². The Labute approximate surface area is 121 Å². The van der Waals surface area contributed by atoms with Crippen LogP contribution in [0.5, 0.6) is 0 Å². The molecule has 3 unspecified atom stereocenters.